The van der Waals surface area contributed by atoms with Gasteiger partial charge in [-0.15, -0.1) is 0 Å². The van der Waals surface area contributed by atoms with Gasteiger partial charge in [-0.25, -0.2) is 4.57 Å². The largest absolute Gasteiger partial charge is 0.472 e. The standard InChI is InChI=1S/C40H73O13P/c1-3-5-7-9-11-13-15-16-17-18-19-21-22-24-26-28-33(41)50-30-32(52-34(42)29-27-25-23-20-14-12-10-8-6-4-2)31-51-54(48,49)53-40-38(46)36(44)35(43)37(45)39(40)47/h16-17,19,21,32,35-40,43-47H,3-15,18,20,22-31H2,1-2H3,(H,48,49)/b17-16+,21-19+/t32-,35?,36-,37?,38?,39?,40?/m1/s1. The number of aliphatic hydroxyl groups is 5. The first-order valence-corrected chi connectivity index (χ1v) is 22.1. The molecule has 6 N–H and O–H groups in total. The summed E-state index contributed by atoms with van der Waals surface area (Å²) in [6.45, 7) is 3.22. The SMILES string of the molecule is CCCCCCCC/C=C/C/C=C/CCCCC(=O)OC[C@H](COP(=O)(O)OC1C(O)C(O)C(O)[C@@H](O)C1O)OC(=O)CCCCCCCCCCCC. The number of carbonyl (C=O) groups is 2. The second-order valence-electron chi connectivity index (χ2n) is 14.5. The molecular weight excluding hydrogens is 719 g/mol. The minimum atomic E-state index is -5.11. The molecule has 0 aliphatic heterocycles. The number of phosphoric acid groups is 1. The molecular formula is C40H73O13P. The zero-order valence-electron chi connectivity index (χ0n) is 33.0. The van der Waals surface area contributed by atoms with E-state index in [1.807, 2.05) is 0 Å². The number of unbranched alkanes of at least 4 members (excludes halogenated alkanes) is 17. The van der Waals surface area contributed by atoms with Crippen LogP contribution in [-0.4, -0.2) is 98.3 Å². The number of ether oxygens (including phenoxy) is 2. The van der Waals surface area contributed by atoms with Crippen LogP contribution < -0.4 is 0 Å². The van der Waals surface area contributed by atoms with Crippen LogP contribution in [0.2, 0.25) is 0 Å². The lowest BCUT2D eigenvalue weighted by atomic mass is 9.85. The minimum absolute atomic E-state index is 0.0925. The van der Waals surface area contributed by atoms with Gasteiger partial charge in [0, 0.05) is 12.8 Å². The molecule has 14 heteroatoms. The number of phosphoric ester groups is 1. The van der Waals surface area contributed by atoms with E-state index < -0.39 is 75.7 Å². The zero-order chi connectivity index (χ0) is 40.0. The van der Waals surface area contributed by atoms with E-state index >= 15 is 0 Å². The molecule has 0 saturated heterocycles. The van der Waals surface area contributed by atoms with Gasteiger partial charge in [-0.2, -0.15) is 0 Å². The lowest BCUT2D eigenvalue weighted by Gasteiger charge is -2.41. The summed E-state index contributed by atoms with van der Waals surface area (Å²) in [5, 5.41) is 49.9. The predicted molar refractivity (Wildman–Crippen MR) is 207 cm³/mol. The lowest BCUT2D eigenvalue weighted by Crippen LogP contribution is -2.64. The highest BCUT2D eigenvalue weighted by molar-refractivity contribution is 7.47. The van der Waals surface area contributed by atoms with Crippen molar-refractivity contribution in [1.82, 2.24) is 0 Å². The Morgan fingerprint density at radius 1 is 0.574 bits per heavy atom. The molecule has 0 radical (unpaired) electrons. The summed E-state index contributed by atoms with van der Waals surface area (Å²) >= 11 is 0. The minimum Gasteiger partial charge on any atom is -0.462 e. The van der Waals surface area contributed by atoms with Gasteiger partial charge in [-0.1, -0.05) is 128 Å². The summed E-state index contributed by atoms with van der Waals surface area (Å²) in [6, 6.07) is 0. The van der Waals surface area contributed by atoms with E-state index in [0.717, 1.165) is 51.4 Å². The number of esters is 2. The number of hydrogen-bond donors (Lipinski definition) is 6. The Hall–Kier alpha value is -1.67. The highest BCUT2D eigenvalue weighted by Crippen LogP contribution is 2.47. The van der Waals surface area contributed by atoms with Crippen molar-refractivity contribution >= 4 is 19.8 Å². The summed E-state index contributed by atoms with van der Waals surface area (Å²) in [7, 11) is -5.11. The average Bonchev–Trinajstić information content (AvgIpc) is 3.15. The van der Waals surface area contributed by atoms with Gasteiger partial charge in [0.2, 0.25) is 0 Å². The van der Waals surface area contributed by atoms with Crippen molar-refractivity contribution in [3.8, 4) is 0 Å². The van der Waals surface area contributed by atoms with E-state index in [4.69, 9.17) is 18.5 Å². The quantitative estimate of drug-likeness (QED) is 0.0173. The Morgan fingerprint density at radius 2 is 1.00 bits per heavy atom. The first-order chi connectivity index (χ1) is 25.9. The van der Waals surface area contributed by atoms with Crippen molar-refractivity contribution in [3.63, 3.8) is 0 Å². The Labute approximate surface area is 324 Å². The molecule has 1 rings (SSSR count). The molecule has 13 nitrogen and oxygen atoms in total. The lowest BCUT2D eigenvalue weighted by molar-refractivity contribution is -0.220. The molecule has 1 saturated carbocycles. The fourth-order valence-electron chi connectivity index (χ4n) is 6.14. The average molecular weight is 793 g/mol. The van der Waals surface area contributed by atoms with E-state index in [2.05, 4.69) is 38.2 Å². The maximum Gasteiger partial charge on any atom is 0.472 e. The third-order valence-corrected chi connectivity index (χ3v) is 10.5. The van der Waals surface area contributed by atoms with Gasteiger partial charge < -0.3 is 39.9 Å². The van der Waals surface area contributed by atoms with Crippen LogP contribution in [0.5, 0.6) is 0 Å². The van der Waals surface area contributed by atoms with Gasteiger partial charge in [0.25, 0.3) is 0 Å². The van der Waals surface area contributed by atoms with Crippen LogP contribution in [0.15, 0.2) is 24.3 Å². The highest BCUT2D eigenvalue weighted by atomic mass is 31.2. The zero-order valence-corrected chi connectivity index (χ0v) is 33.9. The van der Waals surface area contributed by atoms with Crippen LogP contribution in [0.1, 0.15) is 162 Å². The van der Waals surface area contributed by atoms with E-state index in [0.29, 0.717) is 12.8 Å². The molecule has 6 unspecified atom stereocenters. The third-order valence-electron chi connectivity index (χ3n) is 9.55. The summed E-state index contributed by atoms with van der Waals surface area (Å²) in [4.78, 5) is 35.4. The maximum atomic E-state index is 12.7. The number of rotatable bonds is 33. The maximum absolute atomic E-state index is 12.7. The Balaban J connectivity index is 2.53. The molecule has 1 aliphatic carbocycles. The molecule has 1 fully saturated rings. The second kappa shape index (κ2) is 31.4. The van der Waals surface area contributed by atoms with Gasteiger partial charge in [-0.3, -0.25) is 18.6 Å². The summed E-state index contributed by atoms with van der Waals surface area (Å²) in [6.07, 6.45) is 18.3. The molecule has 0 aromatic carbocycles. The van der Waals surface area contributed by atoms with Crippen LogP contribution in [0, 0.1) is 0 Å². The van der Waals surface area contributed by atoms with Crippen molar-refractivity contribution in [2.24, 2.45) is 0 Å². The fourth-order valence-corrected chi connectivity index (χ4v) is 7.11. The van der Waals surface area contributed by atoms with Crippen molar-refractivity contribution in [3.05, 3.63) is 24.3 Å². The molecule has 0 bridgehead atoms. The molecule has 1 aliphatic rings. The van der Waals surface area contributed by atoms with Crippen LogP contribution in [-0.2, 0) is 32.7 Å². The van der Waals surface area contributed by atoms with Crippen molar-refractivity contribution in [2.75, 3.05) is 13.2 Å². The Morgan fingerprint density at radius 3 is 1.54 bits per heavy atom. The summed E-state index contributed by atoms with van der Waals surface area (Å²) in [5.41, 5.74) is 0. The third kappa shape index (κ3) is 24.1. The topological polar surface area (TPSA) is 210 Å². The monoisotopic (exact) mass is 792 g/mol. The van der Waals surface area contributed by atoms with Gasteiger partial charge in [0.1, 0.15) is 43.2 Å². The predicted octanol–water partition coefficient (Wildman–Crippen LogP) is 6.89. The van der Waals surface area contributed by atoms with Crippen LogP contribution in [0.25, 0.3) is 0 Å². The molecule has 316 valence electrons. The van der Waals surface area contributed by atoms with Gasteiger partial charge in [-0.05, 0) is 44.9 Å². The van der Waals surface area contributed by atoms with E-state index in [1.165, 1.54) is 70.6 Å². The number of hydrogen-bond acceptors (Lipinski definition) is 12. The van der Waals surface area contributed by atoms with Crippen molar-refractivity contribution < 1.29 is 63.1 Å². The summed E-state index contributed by atoms with van der Waals surface area (Å²) < 4.78 is 33.3. The molecule has 0 heterocycles. The molecule has 54 heavy (non-hydrogen) atoms. The van der Waals surface area contributed by atoms with Crippen LogP contribution in [0.4, 0.5) is 0 Å². The van der Waals surface area contributed by atoms with Gasteiger partial charge >= 0.3 is 19.8 Å². The smallest absolute Gasteiger partial charge is 0.462 e. The fraction of sp³-hybridized carbons (Fsp3) is 0.850. The normalized spacial score (nSPS) is 23.5. The van der Waals surface area contributed by atoms with Gasteiger partial charge in [0.05, 0.1) is 6.61 Å². The number of allylic oxidation sites excluding steroid dienone is 4. The first-order valence-electron chi connectivity index (χ1n) is 20.6. The molecule has 0 amide bonds. The molecule has 0 aromatic rings. The molecule has 8 atom stereocenters. The van der Waals surface area contributed by atoms with Crippen LogP contribution in [0.3, 0.4) is 0 Å². The second-order valence-corrected chi connectivity index (χ2v) is 15.9. The van der Waals surface area contributed by atoms with E-state index in [-0.39, 0.29) is 12.8 Å². The molecule has 0 aromatic heterocycles. The number of carbonyl (C=O) groups excluding carboxylic acids is 2. The number of aliphatic hydroxyl groups excluding tert-OH is 5. The van der Waals surface area contributed by atoms with Crippen molar-refractivity contribution in [2.45, 2.75) is 204 Å². The Bertz CT molecular complexity index is 1050. The van der Waals surface area contributed by atoms with Gasteiger partial charge in [0.15, 0.2) is 6.10 Å². The van der Waals surface area contributed by atoms with Crippen molar-refractivity contribution in [1.29, 1.82) is 0 Å². The van der Waals surface area contributed by atoms with E-state index in [1.54, 1.807) is 0 Å². The van der Waals surface area contributed by atoms with Crippen LogP contribution >= 0.6 is 7.82 Å². The van der Waals surface area contributed by atoms with E-state index in [9.17, 15) is 44.6 Å². The molecule has 0 spiro atoms. The highest BCUT2D eigenvalue weighted by Gasteiger charge is 2.51. The first kappa shape index (κ1) is 50.3. The summed E-state index contributed by atoms with van der Waals surface area (Å²) in [5.74, 6) is -1.14. The Kier molecular flexibility index (Phi) is 29.3.